The average molecular weight is 346 g/mol. The van der Waals surface area contributed by atoms with E-state index in [1.54, 1.807) is 18.9 Å². The van der Waals surface area contributed by atoms with Gasteiger partial charge in [0.05, 0.1) is 23.6 Å². The summed E-state index contributed by atoms with van der Waals surface area (Å²) < 4.78 is 49.5. The molecule has 23 heavy (non-hydrogen) atoms. The minimum atomic E-state index is -3.10. The van der Waals surface area contributed by atoms with E-state index in [1.807, 2.05) is 0 Å². The summed E-state index contributed by atoms with van der Waals surface area (Å²) in [5, 5.41) is 2.74. The van der Waals surface area contributed by atoms with Gasteiger partial charge in [0.1, 0.15) is 11.6 Å². The Kier molecular flexibility index (Phi) is 5.05. The zero-order chi connectivity index (χ0) is 17.3. The van der Waals surface area contributed by atoms with Gasteiger partial charge in [-0.1, -0.05) is 6.07 Å². The van der Waals surface area contributed by atoms with Crippen LogP contribution < -0.4 is 5.32 Å². The van der Waals surface area contributed by atoms with Crippen LogP contribution in [0.4, 0.5) is 8.78 Å². The minimum absolute atomic E-state index is 0.00749. The molecule has 8 heteroatoms. The molecule has 1 aromatic carbocycles. The van der Waals surface area contributed by atoms with Gasteiger partial charge in [-0.3, -0.25) is 9.69 Å². The minimum Gasteiger partial charge on any atom is -0.349 e. The molecular formula is C15H20F2N2O3S. The first-order valence-corrected chi connectivity index (χ1v) is 9.05. The number of likely N-dealkylation sites (N-methyl/N-ethyl adjacent to an activating group) is 1. The van der Waals surface area contributed by atoms with E-state index >= 15 is 0 Å². The number of nitrogens with zero attached hydrogens (tertiary/aromatic N) is 1. The number of benzene rings is 1. The fraction of sp³-hybridized carbons (Fsp3) is 0.533. The van der Waals surface area contributed by atoms with Crippen LogP contribution in [0.1, 0.15) is 18.9 Å². The third-order valence-corrected chi connectivity index (χ3v) is 5.72. The number of halogens is 2. The van der Waals surface area contributed by atoms with Crippen molar-refractivity contribution in [2.24, 2.45) is 0 Å². The quantitative estimate of drug-likeness (QED) is 0.867. The van der Waals surface area contributed by atoms with E-state index in [2.05, 4.69) is 5.32 Å². The van der Waals surface area contributed by atoms with Crippen molar-refractivity contribution in [3.63, 3.8) is 0 Å². The van der Waals surface area contributed by atoms with Crippen LogP contribution in [0.15, 0.2) is 18.2 Å². The molecule has 1 saturated heterocycles. The fourth-order valence-corrected chi connectivity index (χ4v) is 4.82. The highest BCUT2D eigenvalue weighted by molar-refractivity contribution is 7.91. The van der Waals surface area contributed by atoms with Crippen LogP contribution in [0.3, 0.4) is 0 Å². The Hall–Kier alpha value is -1.54. The van der Waals surface area contributed by atoms with Crippen LogP contribution in [0.2, 0.25) is 0 Å². The summed E-state index contributed by atoms with van der Waals surface area (Å²) in [6, 6.07) is 3.30. The summed E-state index contributed by atoms with van der Waals surface area (Å²) in [6.07, 6.45) is 0.386. The Bertz CT molecular complexity index is 709. The van der Waals surface area contributed by atoms with Gasteiger partial charge in [0, 0.05) is 18.2 Å². The molecule has 0 saturated carbocycles. The molecule has 0 unspecified atom stereocenters. The zero-order valence-corrected chi connectivity index (χ0v) is 13.9. The van der Waals surface area contributed by atoms with Crippen LogP contribution >= 0.6 is 0 Å². The van der Waals surface area contributed by atoms with Gasteiger partial charge in [0.25, 0.3) is 0 Å². The molecule has 1 aromatic rings. The number of amides is 1. The van der Waals surface area contributed by atoms with Gasteiger partial charge >= 0.3 is 0 Å². The number of carbonyl (C=O) groups excluding carboxylic acids is 1. The molecule has 0 spiro atoms. The zero-order valence-electron chi connectivity index (χ0n) is 13.1. The molecule has 0 aromatic heterocycles. The van der Waals surface area contributed by atoms with Crippen molar-refractivity contribution in [2.45, 2.75) is 25.4 Å². The summed E-state index contributed by atoms with van der Waals surface area (Å²) in [4.78, 5) is 13.6. The van der Waals surface area contributed by atoms with Gasteiger partial charge in [-0.15, -0.1) is 0 Å². The van der Waals surface area contributed by atoms with Gasteiger partial charge < -0.3 is 5.32 Å². The van der Waals surface area contributed by atoms with Crippen LogP contribution in [0.5, 0.6) is 0 Å². The average Bonchev–Trinajstić information content (AvgIpc) is 2.66. The van der Waals surface area contributed by atoms with E-state index in [-0.39, 0.29) is 36.1 Å². The molecule has 1 aliphatic rings. The predicted octanol–water partition coefficient (Wildman–Crippen LogP) is 1.09. The van der Waals surface area contributed by atoms with E-state index in [9.17, 15) is 22.0 Å². The van der Waals surface area contributed by atoms with Crippen LogP contribution in [-0.2, 0) is 21.2 Å². The second-order valence-corrected chi connectivity index (χ2v) is 8.54. The summed E-state index contributed by atoms with van der Waals surface area (Å²) >= 11 is 0. The van der Waals surface area contributed by atoms with E-state index in [0.29, 0.717) is 6.42 Å². The second kappa shape index (κ2) is 6.52. The summed E-state index contributed by atoms with van der Waals surface area (Å²) in [6.45, 7) is 1.84. The Balaban J connectivity index is 1.90. The van der Waals surface area contributed by atoms with Crippen LogP contribution in [-0.4, -0.2) is 49.9 Å². The number of rotatable bonds is 5. The predicted molar refractivity (Wildman–Crippen MR) is 82.5 cm³/mol. The standard InChI is InChI=1S/C15H20F2N2O3S/c1-15(5-6-23(21,22)10-15)18-14(20)9-19(2)8-11-3-4-12(16)7-13(11)17/h3-4,7H,5-6,8-10H2,1-2H3,(H,18,20)/t15-/m1/s1. The largest absolute Gasteiger partial charge is 0.349 e. The molecule has 0 radical (unpaired) electrons. The van der Waals surface area contributed by atoms with E-state index in [1.165, 1.54) is 6.07 Å². The lowest BCUT2D eigenvalue weighted by Gasteiger charge is -2.25. The molecule has 1 aliphatic heterocycles. The third kappa shape index (κ3) is 4.97. The Labute approximate surface area is 134 Å². The topological polar surface area (TPSA) is 66.5 Å². The number of nitrogens with one attached hydrogen (secondary N) is 1. The van der Waals surface area contributed by atoms with Gasteiger partial charge in [0.2, 0.25) is 5.91 Å². The SMILES string of the molecule is CN(CC(=O)N[C@]1(C)CCS(=O)(=O)C1)Cc1ccc(F)cc1F. The van der Waals surface area contributed by atoms with E-state index < -0.39 is 27.0 Å². The Morgan fingerprint density at radius 1 is 1.39 bits per heavy atom. The highest BCUT2D eigenvalue weighted by Crippen LogP contribution is 2.22. The van der Waals surface area contributed by atoms with E-state index in [4.69, 9.17) is 0 Å². The van der Waals surface area contributed by atoms with Gasteiger partial charge in [-0.05, 0) is 26.5 Å². The molecule has 1 fully saturated rings. The van der Waals surface area contributed by atoms with Crippen molar-refractivity contribution in [3.8, 4) is 0 Å². The maximum Gasteiger partial charge on any atom is 0.234 e. The first-order valence-electron chi connectivity index (χ1n) is 7.22. The lowest BCUT2D eigenvalue weighted by molar-refractivity contribution is -0.123. The van der Waals surface area contributed by atoms with Crippen molar-refractivity contribution in [2.75, 3.05) is 25.1 Å². The van der Waals surface area contributed by atoms with Crippen LogP contribution in [0.25, 0.3) is 0 Å². The molecule has 128 valence electrons. The summed E-state index contributed by atoms with van der Waals surface area (Å²) in [5.41, 5.74) is -0.464. The van der Waals surface area contributed by atoms with Crippen molar-refractivity contribution in [1.29, 1.82) is 0 Å². The number of hydrogen-bond acceptors (Lipinski definition) is 4. The normalized spacial score (nSPS) is 23.2. The molecule has 2 rings (SSSR count). The lowest BCUT2D eigenvalue weighted by atomic mass is 10.0. The van der Waals surface area contributed by atoms with Crippen molar-refractivity contribution >= 4 is 15.7 Å². The molecule has 0 bridgehead atoms. The highest BCUT2D eigenvalue weighted by atomic mass is 32.2. The molecule has 1 amide bonds. The monoisotopic (exact) mass is 346 g/mol. The third-order valence-electron chi connectivity index (χ3n) is 3.81. The lowest BCUT2D eigenvalue weighted by Crippen LogP contribution is -2.49. The molecule has 1 atom stereocenters. The Morgan fingerprint density at radius 2 is 2.09 bits per heavy atom. The molecule has 5 nitrogen and oxygen atoms in total. The Morgan fingerprint density at radius 3 is 2.65 bits per heavy atom. The molecule has 1 heterocycles. The summed E-state index contributed by atoms with van der Waals surface area (Å²) in [5.74, 6) is -1.63. The number of hydrogen-bond donors (Lipinski definition) is 1. The maximum absolute atomic E-state index is 13.6. The van der Waals surface area contributed by atoms with Gasteiger partial charge in [0.15, 0.2) is 9.84 Å². The van der Waals surface area contributed by atoms with Gasteiger partial charge in [-0.25, -0.2) is 17.2 Å². The number of sulfone groups is 1. The van der Waals surface area contributed by atoms with Crippen LogP contribution in [0, 0.1) is 11.6 Å². The molecule has 0 aliphatic carbocycles. The summed E-state index contributed by atoms with van der Waals surface area (Å²) in [7, 11) is -1.46. The fourth-order valence-electron chi connectivity index (χ4n) is 2.73. The van der Waals surface area contributed by atoms with Crippen molar-refractivity contribution in [3.05, 3.63) is 35.4 Å². The van der Waals surface area contributed by atoms with Crippen molar-refractivity contribution in [1.82, 2.24) is 10.2 Å². The molecular weight excluding hydrogens is 326 g/mol. The first-order chi connectivity index (χ1) is 10.6. The highest BCUT2D eigenvalue weighted by Gasteiger charge is 2.39. The smallest absolute Gasteiger partial charge is 0.234 e. The van der Waals surface area contributed by atoms with Crippen molar-refractivity contribution < 1.29 is 22.0 Å². The number of carbonyl (C=O) groups is 1. The van der Waals surface area contributed by atoms with Gasteiger partial charge in [-0.2, -0.15) is 0 Å². The maximum atomic E-state index is 13.6. The second-order valence-electron chi connectivity index (χ2n) is 6.36. The van der Waals surface area contributed by atoms with E-state index in [0.717, 1.165) is 12.1 Å². The molecule has 1 N–H and O–H groups in total. The first kappa shape index (κ1) is 17.8.